The summed E-state index contributed by atoms with van der Waals surface area (Å²) in [5.41, 5.74) is -2.26. The predicted octanol–water partition coefficient (Wildman–Crippen LogP) is 7.91. The molecule has 0 spiro atoms. The van der Waals surface area contributed by atoms with Gasteiger partial charge in [0.2, 0.25) is 0 Å². The van der Waals surface area contributed by atoms with Gasteiger partial charge in [-0.1, -0.05) is 60.7 Å². The van der Waals surface area contributed by atoms with Crippen LogP contribution in [0.25, 0.3) is 0 Å². The van der Waals surface area contributed by atoms with Crippen molar-refractivity contribution in [3.05, 3.63) is 107 Å². The molecule has 47 heavy (non-hydrogen) atoms. The maximum atomic E-state index is 13.4. The number of halogens is 9. The number of rotatable bonds is 7. The highest BCUT2D eigenvalue weighted by molar-refractivity contribution is 5.73. The molecular formula is C32H28F9NO5. The third kappa shape index (κ3) is 8.07. The lowest BCUT2D eigenvalue weighted by Crippen LogP contribution is -2.56. The van der Waals surface area contributed by atoms with Crippen molar-refractivity contribution < 1.29 is 64.1 Å². The molecule has 0 aromatic heterocycles. The first kappa shape index (κ1) is 35.7. The van der Waals surface area contributed by atoms with Crippen LogP contribution in [0.1, 0.15) is 47.1 Å². The van der Waals surface area contributed by atoms with Crippen LogP contribution in [-0.4, -0.2) is 45.4 Å². The SMILES string of the molecule is O=C(O)C(F)(F)F.O=C(O)[C@@H]1C[C@@]2(c3ccccc3)[C@H](OCc3cc(C(F)(F)F)cc(C(F)(F)F)c3)CC[C@@H]1N2Cc1ccccc1. The molecule has 2 heterocycles. The van der Waals surface area contributed by atoms with Crippen LogP contribution in [0, 0.1) is 5.92 Å². The van der Waals surface area contributed by atoms with E-state index >= 15 is 0 Å². The second-order valence-corrected chi connectivity index (χ2v) is 11.2. The van der Waals surface area contributed by atoms with Crippen molar-refractivity contribution in [3.8, 4) is 0 Å². The van der Waals surface area contributed by atoms with E-state index in [9.17, 15) is 49.4 Å². The Balaban J connectivity index is 0.000000644. The van der Waals surface area contributed by atoms with Gasteiger partial charge in [0.15, 0.2) is 0 Å². The molecule has 0 unspecified atom stereocenters. The molecule has 2 N–H and O–H groups in total. The minimum Gasteiger partial charge on any atom is -0.481 e. The van der Waals surface area contributed by atoms with E-state index in [2.05, 4.69) is 4.90 Å². The van der Waals surface area contributed by atoms with Crippen LogP contribution in [0.15, 0.2) is 78.9 Å². The van der Waals surface area contributed by atoms with E-state index in [0.29, 0.717) is 31.5 Å². The number of carboxylic acids is 2. The van der Waals surface area contributed by atoms with Crippen molar-refractivity contribution >= 4 is 11.9 Å². The quantitative estimate of drug-likeness (QED) is 0.247. The van der Waals surface area contributed by atoms with Crippen LogP contribution in [0.4, 0.5) is 39.5 Å². The summed E-state index contributed by atoms with van der Waals surface area (Å²) in [5.74, 6) is -4.43. The first-order valence-electron chi connectivity index (χ1n) is 14.1. The number of fused-ring (bicyclic) bond motifs is 2. The van der Waals surface area contributed by atoms with Gasteiger partial charge < -0.3 is 14.9 Å². The number of benzene rings is 3. The van der Waals surface area contributed by atoms with Crippen LogP contribution in [0.3, 0.4) is 0 Å². The maximum Gasteiger partial charge on any atom is 0.490 e. The molecule has 254 valence electrons. The monoisotopic (exact) mass is 677 g/mol. The van der Waals surface area contributed by atoms with Crippen LogP contribution in [0.5, 0.6) is 0 Å². The zero-order chi connectivity index (χ0) is 34.8. The van der Waals surface area contributed by atoms with Crippen molar-refractivity contribution in [2.75, 3.05) is 0 Å². The normalized spacial score (nSPS) is 23.1. The summed E-state index contributed by atoms with van der Waals surface area (Å²) in [4.78, 5) is 23.4. The Hall–Kier alpha value is -4.11. The number of hydrogen-bond donors (Lipinski definition) is 2. The smallest absolute Gasteiger partial charge is 0.481 e. The zero-order valence-corrected chi connectivity index (χ0v) is 24.2. The van der Waals surface area contributed by atoms with Crippen LogP contribution in [-0.2, 0) is 45.4 Å². The fourth-order valence-electron chi connectivity index (χ4n) is 6.34. The van der Waals surface area contributed by atoms with Gasteiger partial charge in [-0.15, -0.1) is 0 Å². The summed E-state index contributed by atoms with van der Waals surface area (Å²) in [6.45, 7) is -0.0837. The number of carbonyl (C=O) groups is 2. The van der Waals surface area contributed by atoms with Crippen LogP contribution < -0.4 is 0 Å². The Labute approximate surface area is 262 Å². The molecule has 15 heteroatoms. The van der Waals surface area contributed by atoms with Crippen molar-refractivity contribution in [2.45, 2.75) is 68.6 Å². The number of piperidine rings is 1. The summed E-state index contributed by atoms with van der Waals surface area (Å²) in [7, 11) is 0. The van der Waals surface area contributed by atoms with Gasteiger partial charge in [0.25, 0.3) is 0 Å². The number of alkyl halides is 9. The Kier molecular flexibility index (Phi) is 10.3. The molecule has 2 bridgehead atoms. The third-order valence-corrected chi connectivity index (χ3v) is 8.29. The molecule has 2 fully saturated rings. The van der Waals surface area contributed by atoms with Crippen molar-refractivity contribution in [1.82, 2.24) is 4.90 Å². The van der Waals surface area contributed by atoms with Crippen molar-refractivity contribution in [1.29, 1.82) is 0 Å². The minimum atomic E-state index is -5.08. The van der Waals surface area contributed by atoms with Gasteiger partial charge in [-0.2, -0.15) is 39.5 Å². The molecule has 4 atom stereocenters. The number of aliphatic carboxylic acids is 2. The number of hydrogen-bond acceptors (Lipinski definition) is 4. The fraction of sp³-hybridized carbons (Fsp3) is 0.375. The van der Waals surface area contributed by atoms with Crippen molar-refractivity contribution in [2.24, 2.45) is 5.92 Å². The number of ether oxygens (including phenoxy) is 1. The van der Waals surface area contributed by atoms with E-state index in [0.717, 1.165) is 11.1 Å². The summed E-state index contributed by atoms with van der Waals surface area (Å²) in [5, 5.41) is 17.3. The molecule has 2 aliphatic heterocycles. The Morgan fingerprint density at radius 1 is 0.766 bits per heavy atom. The van der Waals surface area contributed by atoms with Gasteiger partial charge >= 0.3 is 30.5 Å². The molecule has 3 aromatic rings. The topological polar surface area (TPSA) is 87.1 Å². The minimum absolute atomic E-state index is 0.0934. The highest BCUT2D eigenvalue weighted by Crippen LogP contribution is 2.55. The number of carboxylic acid groups (broad SMARTS) is 2. The van der Waals surface area contributed by atoms with E-state index in [-0.39, 0.29) is 24.1 Å². The molecule has 0 saturated carbocycles. The average molecular weight is 678 g/mol. The summed E-state index contributed by atoms with van der Waals surface area (Å²) in [6, 6.07) is 19.8. The highest BCUT2D eigenvalue weighted by Gasteiger charge is 2.61. The number of nitrogens with zero attached hydrogens (tertiary/aromatic N) is 1. The summed E-state index contributed by atoms with van der Waals surface area (Å²) < 4.78 is 119. The molecule has 6 nitrogen and oxygen atoms in total. The molecule has 0 aliphatic carbocycles. The average Bonchev–Trinajstić information content (AvgIpc) is 3.20. The predicted molar refractivity (Wildman–Crippen MR) is 148 cm³/mol. The molecule has 5 rings (SSSR count). The molecular weight excluding hydrogens is 649 g/mol. The third-order valence-electron chi connectivity index (χ3n) is 8.29. The van der Waals surface area contributed by atoms with Crippen molar-refractivity contribution in [3.63, 3.8) is 0 Å². The van der Waals surface area contributed by atoms with E-state index in [1.54, 1.807) is 0 Å². The lowest BCUT2D eigenvalue weighted by atomic mass is 9.78. The van der Waals surface area contributed by atoms with Crippen LogP contribution >= 0.6 is 0 Å². The van der Waals surface area contributed by atoms with Gasteiger partial charge in [0.1, 0.15) is 0 Å². The second kappa shape index (κ2) is 13.6. The molecule has 2 saturated heterocycles. The first-order chi connectivity index (χ1) is 21.8. The van der Waals surface area contributed by atoms with Gasteiger partial charge in [-0.3, -0.25) is 9.69 Å². The van der Waals surface area contributed by atoms with E-state index in [1.165, 1.54) is 0 Å². The Morgan fingerprint density at radius 3 is 1.74 bits per heavy atom. The van der Waals surface area contributed by atoms with Gasteiger partial charge in [0.05, 0.1) is 35.3 Å². The van der Waals surface area contributed by atoms with Gasteiger partial charge in [0, 0.05) is 12.6 Å². The lowest BCUT2D eigenvalue weighted by molar-refractivity contribution is -0.192. The Bertz CT molecular complexity index is 1510. The molecule has 0 amide bonds. The molecule has 0 radical (unpaired) electrons. The largest absolute Gasteiger partial charge is 0.490 e. The van der Waals surface area contributed by atoms with E-state index in [4.69, 9.17) is 14.6 Å². The Morgan fingerprint density at radius 2 is 1.28 bits per heavy atom. The standard InChI is InChI=1S/C30H27F6NO3.C2HF3O2/c31-29(32,33)22-13-20(14-23(15-22)30(34,35)36)18-40-26-12-11-25-24(27(38)39)16-28(26,21-9-5-2-6-10-21)37(25)17-19-7-3-1-4-8-19;3-2(4,5)1(6)7/h1-10,13-15,24-26H,11-12,16-18H2,(H,38,39);(H,6,7)/t24-,25+,26-,28-;/m1./s1. The van der Waals surface area contributed by atoms with E-state index < -0.39 is 65.8 Å². The molecule has 2 aliphatic rings. The molecule has 3 aromatic carbocycles. The summed E-state index contributed by atoms with van der Waals surface area (Å²) >= 11 is 0. The summed E-state index contributed by atoms with van der Waals surface area (Å²) in [6.07, 6.45) is -14.6. The van der Waals surface area contributed by atoms with Gasteiger partial charge in [-0.25, -0.2) is 4.79 Å². The van der Waals surface area contributed by atoms with Crippen LogP contribution in [0.2, 0.25) is 0 Å². The van der Waals surface area contributed by atoms with E-state index in [1.807, 2.05) is 60.7 Å². The second-order valence-electron chi connectivity index (χ2n) is 11.2. The fourth-order valence-corrected chi connectivity index (χ4v) is 6.34. The maximum absolute atomic E-state index is 13.4. The lowest BCUT2D eigenvalue weighted by Gasteiger charge is -2.50. The zero-order valence-electron chi connectivity index (χ0n) is 24.2. The van der Waals surface area contributed by atoms with Gasteiger partial charge in [-0.05, 0) is 54.2 Å². The highest BCUT2D eigenvalue weighted by atomic mass is 19.4. The first-order valence-corrected chi connectivity index (χ1v) is 14.1.